The summed E-state index contributed by atoms with van der Waals surface area (Å²) in [4.78, 5) is 6.29. The molecule has 2 aromatic heterocycles. The van der Waals surface area contributed by atoms with E-state index in [9.17, 15) is 9.50 Å². The molecule has 4 rings (SSSR count). The summed E-state index contributed by atoms with van der Waals surface area (Å²) in [5.74, 6) is 1.03. The lowest BCUT2D eigenvalue weighted by Crippen LogP contribution is -2.38. The molecule has 1 fully saturated rings. The minimum atomic E-state index is -0.310. The molecule has 0 saturated carbocycles. The fourth-order valence-corrected chi connectivity index (χ4v) is 3.65. The average molecular weight is 459 g/mol. The van der Waals surface area contributed by atoms with E-state index < -0.39 is 0 Å². The monoisotopic (exact) mass is 458 g/mol. The van der Waals surface area contributed by atoms with Crippen LogP contribution in [0.5, 0.6) is 5.75 Å². The molecule has 1 N–H and O–H groups in total. The van der Waals surface area contributed by atoms with E-state index in [4.69, 9.17) is 4.74 Å². The van der Waals surface area contributed by atoms with E-state index in [1.54, 1.807) is 18.5 Å². The summed E-state index contributed by atoms with van der Waals surface area (Å²) >= 11 is 3.40. The number of hydrogen-bond acceptors (Lipinski definition) is 6. The first-order valence-corrected chi connectivity index (χ1v) is 10.2. The predicted octanol–water partition coefficient (Wildman–Crippen LogP) is 3.98. The number of nitrogens with zero attached hydrogens (tertiary/aromatic N) is 4. The van der Waals surface area contributed by atoms with Crippen molar-refractivity contribution in [3.8, 4) is 17.0 Å². The maximum atomic E-state index is 13.4. The van der Waals surface area contributed by atoms with E-state index in [-0.39, 0.29) is 18.5 Å². The van der Waals surface area contributed by atoms with Gasteiger partial charge in [-0.15, -0.1) is 10.2 Å². The molecule has 0 aliphatic carbocycles. The van der Waals surface area contributed by atoms with Crippen LogP contribution in [0.1, 0.15) is 18.4 Å². The van der Waals surface area contributed by atoms with Crippen LogP contribution in [0.25, 0.3) is 11.3 Å². The number of hydrogen-bond donors (Lipinski definition) is 1. The van der Waals surface area contributed by atoms with Gasteiger partial charge in [0.2, 0.25) is 0 Å². The second kappa shape index (κ2) is 8.84. The molecule has 1 aliphatic heterocycles. The minimum absolute atomic E-state index is 0.0314. The van der Waals surface area contributed by atoms with Gasteiger partial charge in [0.25, 0.3) is 0 Å². The maximum Gasteiger partial charge on any atom is 0.151 e. The van der Waals surface area contributed by atoms with Gasteiger partial charge in [-0.1, -0.05) is 0 Å². The van der Waals surface area contributed by atoms with Crippen molar-refractivity contribution in [1.29, 1.82) is 0 Å². The fraction of sp³-hybridized carbons (Fsp3) is 0.286. The van der Waals surface area contributed by atoms with E-state index in [0.717, 1.165) is 47.3 Å². The Hall–Kier alpha value is -2.58. The Morgan fingerprint density at radius 2 is 1.93 bits per heavy atom. The first-order valence-electron chi connectivity index (χ1n) is 9.38. The van der Waals surface area contributed by atoms with Crippen LogP contribution in [-0.2, 0) is 6.61 Å². The predicted molar refractivity (Wildman–Crippen MR) is 111 cm³/mol. The molecule has 6 nitrogen and oxygen atoms in total. The number of piperidine rings is 1. The third-order valence-corrected chi connectivity index (χ3v) is 5.53. The maximum absolute atomic E-state index is 13.4. The Morgan fingerprint density at radius 1 is 1.10 bits per heavy atom. The summed E-state index contributed by atoms with van der Waals surface area (Å²) in [7, 11) is 0. The summed E-state index contributed by atoms with van der Waals surface area (Å²) in [5.41, 5.74) is 2.27. The smallest absolute Gasteiger partial charge is 0.151 e. The Balaban J connectivity index is 1.38. The first-order chi connectivity index (χ1) is 14.1. The van der Waals surface area contributed by atoms with Gasteiger partial charge >= 0.3 is 0 Å². The molecule has 8 heteroatoms. The van der Waals surface area contributed by atoms with Crippen molar-refractivity contribution >= 4 is 21.7 Å². The zero-order valence-electron chi connectivity index (χ0n) is 15.6. The van der Waals surface area contributed by atoms with Crippen LogP contribution in [-0.4, -0.2) is 39.5 Å². The Labute approximate surface area is 176 Å². The lowest BCUT2D eigenvalue weighted by atomic mass is 10.1. The van der Waals surface area contributed by atoms with E-state index in [1.165, 1.54) is 12.1 Å². The lowest BCUT2D eigenvalue weighted by molar-refractivity contribution is 0.169. The van der Waals surface area contributed by atoms with Crippen molar-refractivity contribution in [2.45, 2.75) is 25.6 Å². The fourth-order valence-electron chi connectivity index (χ4n) is 3.31. The number of pyridine rings is 1. The highest BCUT2D eigenvalue weighted by atomic mass is 79.9. The van der Waals surface area contributed by atoms with Crippen LogP contribution >= 0.6 is 15.9 Å². The molecule has 0 bridgehead atoms. The van der Waals surface area contributed by atoms with E-state index in [0.29, 0.717) is 11.4 Å². The van der Waals surface area contributed by atoms with E-state index in [2.05, 4.69) is 36.0 Å². The van der Waals surface area contributed by atoms with E-state index in [1.807, 2.05) is 18.2 Å². The number of halogens is 2. The molecule has 0 amide bonds. The van der Waals surface area contributed by atoms with Gasteiger partial charge in [-0.25, -0.2) is 4.39 Å². The number of aliphatic hydroxyl groups is 1. The highest BCUT2D eigenvalue weighted by molar-refractivity contribution is 9.10. The molecule has 150 valence electrons. The van der Waals surface area contributed by atoms with Gasteiger partial charge in [-0.05, 0) is 51.8 Å². The third-order valence-electron chi connectivity index (χ3n) is 4.88. The number of anilines is 1. The Morgan fingerprint density at radius 3 is 2.66 bits per heavy atom. The molecule has 0 spiro atoms. The third kappa shape index (κ3) is 4.71. The molecule has 1 saturated heterocycles. The molecule has 0 radical (unpaired) electrons. The van der Waals surface area contributed by atoms with Crippen LogP contribution in [0.15, 0.2) is 53.3 Å². The number of aromatic nitrogens is 3. The Bertz CT molecular complexity index is 979. The highest BCUT2D eigenvalue weighted by Gasteiger charge is 2.22. The van der Waals surface area contributed by atoms with Crippen molar-refractivity contribution in [2.24, 2.45) is 0 Å². The summed E-state index contributed by atoms with van der Waals surface area (Å²) < 4.78 is 20.2. The van der Waals surface area contributed by atoms with Gasteiger partial charge in [0.05, 0.1) is 16.8 Å². The van der Waals surface area contributed by atoms with Crippen LogP contribution < -0.4 is 9.64 Å². The zero-order valence-corrected chi connectivity index (χ0v) is 17.2. The van der Waals surface area contributed by atoms with Crippen LogP contribution in [0, 0.1) is 5.82 Å². The van der Waals surface area contributed by atoms with Gasteiger partial charge in [0.15, 0.2) is 5.82 Å². The molecule has 0 atom stereocenters. The summed E-state index contributed by atoms with van der Waals surface area (Å²) in [6.07, 6.45) is 4.99. The average Bonchev–Trinajstić information content (AvgIpc) is 2.77. The zero-order chi connectivity index (χ0) is 20.2. The van der Waals surface area contributed by atoms with Crippen molar-refractivity contribution < 1.29 is 14.2 Å². The standard InChI is InChI=1S/C21H20BrFN4O2/c22-18-2-1-16(23)10-20(18)29-17-5-7-27(8-6-17)21-4-3-19(25-26-21)15-9-14(13-28)11-24-12-15/h1-4,9-12,17,28H,5-8,13H2. The summed E-state index contributed by atoms with van der Waals surface area (Å²) in [6, 6.07) is 10.2. The molecular weight excluding hydrogens is 439 g/mol. The Kier molecular flexibility index (Phi) is 6.01. The van der Waals surface area contributed by atoms with Crippen molar-refractivity contribution in [1.82, 2.24) is 15.2 Å². The van der Waals surface area contributed by atoms with Gasteiger partial charge < -0.3 is 14.7 Å². The van der Waals surface area contributed by atoms with E-state index >= 15 is 0 Å². The van der Waals surface area contributed by atoms with Gasteiger partial charge in [0.1, 0.15) is 17.7 Å². The van der Waals surface area contributed by atoms with Gasteiger partial charge in [-0.3, -0.25) is 4.98 Å². The first kappa shape index (κ1) is 19.7. The van der Waals surface area contributed by atoms with Crippen molar-refractivity contribution in [3.63, 3.8) is 0 Å². The summed E-state index contributed by atoms with van der Waals surface area (Å²) in [5, 5.41) is 17.9. The van der Waals surface area contributed by atoms with Gasteiger partial charge in [-0.2, -0.15) is 0 Å². The highest BCUT2D eigenvalue weighted by Crippen LogP contribution is 2.29. The van der Waals surface area contributed by atoms with Crippen LogP contribution in [0.3, 0.4) is 0 Å². The normalized spacial score (nSPS) is 14.8. The summed E-state index contributed by atoms with van der Waals surface area (Å²) in [6.45, 7) is 1.51. The second-order valence-electron chi connectivity index (χ2n) is 6.90. The second-order valence-corrected chi connectivity index (χ2v) is 7.75. The van der Waals surface area contributed by atoms with Crippen molar-refractivity contribution in [2.75, 3.05) is 18.0 Å². The SMILES string of the molecule is OCc1cncc(-c2ccc(N3CCC(Oc4cc(F)ccc4Br)CC3)nn2)c1. The molecule has 3 heterocycles. The molecule has 1 aromatic carbocycles. The lowest BCUT2D eigenvalue weighted by Gasteiger charge is -2.32. The van der Waals surface area contributed by atoms with Crippen molar-refractivity contribution in [3.05, 3.63) is 64.6 Å². The molecule has 0 unspecified atom stereocenters. The molecule has 1 aliphatic rings. The number of ether oxygens (including phenoxy) is 1. The number of benzene rings is 1. The number of aliphatic hydroxyl groups excluding tert-OH is 1. The van der Waals surface area contributed by atoms with Gasteiger partial charge in [0, 0.05) is 50.0 Å². The molecular formula is C21H20BrFN4O2. The van der Waals surface area contributed by atoms with Crippen LogP contribution in [0.2, 0.25) is 0 Å². The van der Waals surface area contributed by atoms with Crippen LogP contribution in [0.4, 0.5) is 10.2 Å². The quantitative estimate of drug-likeness (QED) is 0.623. The topological polar surface area (TPSA) is 71.4 Å². The number of rotatable bonds is 5. The minimum Gasteiger partial charge on any atom is -0.489 e. The molecule has 3 aromatic rings. The largest absolute Gasteiger partial charge is 0.489 e. The molecule has 29 heavy (non-hydrogen) atoms.